The van der Waals surface area contributed by atoms with Crippen molar-refractivity contribution >= 4 is 22.6 Å². The summed E-state index contributed by atoms with van der Waals surface area (Å²) in [7, 11) is 0. The van der Waals surface area contributed by atoms with E-state index in [9.17, 15) is 5.11 Å². The first-order valence-electron chi connectivity index (χ1n) is 4.04. The topological polar surface area (TPSA) is 33.4 Å². The average Bonchev–Trinajstić information content (AvgIpc) is 2.49. The number of aliphatic hydroxyl groups excluding tert-OH is 1. The average molecular weight is 197 g/mol. The molecule has 0 aliphatic heterocycles. The highest BCUT2D eigenvalue weighted by Crippen LogP contribution is 2.28. The predicted molar refractivity (Wildman–Crippen MR) is 51.9 cm³/mol. The van der Waals surface area contributed by atoms with Crippen LogP contribution >= 0.6 is 11.6 Å². The molecule has 0 saturated carbocycles. The lowest BCUT2D eigenvalue weighted by Crippen LogP contribution is -1.85. The zero-order valence-corrected chi connectivity index (χ0v) is 7.88. The number of fused-ring (bicyclic) bond motifs is 1. The molecule has 1 aromatic carbocycles. The zero-order valence-electron chi connectivity index (χ0n) is 7.12. The van der Waals surface area contributed by atoms with Gasteiger partial charge >= 0.3 is 0 Å². The first-order valence-corrected chi connectivity index (χ1v) is 4.42. The summed E-state index contributed by atoms with van der Waals surface area (Å²) in [6.45, 7) is 1.66. The molecule has 0 spiro atoms. The summed E-state index contributed by atoms with van der Waals surface area (Å²) in [5.74, 6) is 0.545. The fourth-order valence-corrected chi connectivity index (χ4v) is 1.47. The highest BCUT2D eigenvalue weighted by atomic mass is 35.5. The second-order valence-electron chi connectivity index (χ2n) is 2.98. The molecule has 0 amide bonds. The normalized spacial score (nSPS) is 13.5. The molecule has 0 fully saturated rings. The van der Waals surface area contributed by atoms with E-state index < -0.39 is 6.10 Å². The molecule has 0 aliphatic rings. The molecule has 3 heteroatoms. The fourth-order valence-electron chi connectivity index (χ4n) is 1.25. The van der Waals surface area contributed by atoms with E-state index in [-0.39, 0.29) is 0 Å². The van der Waals surface area contributed by atoms with Crippen LogP contribution in [0.3, 0.4) is 0 Å². The van der Waals surface area contributed by atoms with Crippen LogP contribution in [0.25, 0.3) is 11.0 Å². The third-order valence-corrected chi connectivity index (χ3v) is 2.27. The van der Waals surface area contributed by atoms with Crippen LogP contribution in [0, 0.1) is 0 Å². The predicted octanol–water partition coefficient (Wildman–Crippen LogP) is 3.14. The summed E-state index contributed by atoms with van der Waals surface area (Å²) < 4.78 is 5.38. The molecule has 2 nitrogen and oxygen atoms in total. The van der Waals surface area contributed by atoms with Gasteiger partial charge in [0, 0.05) is 5.39 Å². The van der Waals surface area contributed by atoms with Crippen molar-refractivity contribution in [3.63, 3.8) is 0 Å². The van der Waals surface area contributed by atoms with E-state index in [0.717, 1.165) is 5.39 Å². The summed E-state index contributed by atoms with van der Waals surface area (Å²) in [5.41, 5.74) is 0.711. The van der Waals surface area contributed by atoms with Crippen molar-refractivity contribution in [3.05, 3.63) is 35.0 Å². The van der Waals surface area contributed by atoms with E-state index in [2.05, 4.69) is 0 Å². The minimum Gasteiger partial charge on any atom is -0.458 e. The second-order valence-corrected chi connectivity index (χ2v) is 3.38. The van der Waals surface area contributed by atoms with E-state index in [1.165, 1.54) is 0 Å². The van der Waals surface area contributed by atoms with Gasteiger partial charge in [0.15, 0.2) is 0 Å². The Labute approximate surface area is 80.7 Å². The second kappa shape index (κ2) is 3.05. The SMILES string of the molecule is CC(O)c1cc2c(Cl)cccc2o1. The van der Waals surface area contributed by atoms with Gasteiger partial charge in [0.25, 0.3) is 0 Å². The number of benzene rings is 1. The van der Waals surface area contributed by atoms with Gasteiger partial charge in [0.1, 0.15) is 17.4 Å². The van der Waals surface area contributed by atoms with Gasteiger partial charge in [-0.15, -0.1) is 0 Å². The number of furan rings is 1. The fraction of sp³-hybridized carbons (Fsp3) is 0.200. The van der Waals surface area contributed by atoms with Crippen molar-refractivity contribution in [2.45, 2.75) is 13.0 Å². The molecule has 0 saturated heterocycles. The van der Waals surface area contributed by atoms with E-state index in [1.54, 1.807) is 19.1 Å². The van der Waals surface area contributed by atoms with E-state index >= 15 is 0 Å². The van der Waals surface area contributed by atoms with E-state index in [0.29, 0.717) is 16.4 Å². The van der Waals surface area contributed by atoms with Crippen LogP contribution in [0.2, 0.25) is 5.02 Å². The number of aliphatic hydroxyl groups is 1. The molecule has 0 bridgehead atoms. The Morgan fingerprint density at radius 3 is 2.85 bits per heavy atom. The first kappa shape index (κ1) is 8.60. The molecule has 1 atom stereocenters. The molecule has 68 valence electrons. The smallest absolute Gasteiger partial charge is 0.135 e. The maximum Gasteiger partial charge on any atom is 0.135 e. The maximum atomic E-state index is 9.28. The van der Waals surface area contributed by atoms with Crippen molar-refractivity contribution in [1.82, 2.24) is 0 Å². The van der Waals surface area contributed by atoms with Crippen molar-refractivity contribution < 1.29 is 9.52 Å². The summed E-state index contributed by atoms with van der Waals surface area (Å²) >= 11 is 5.93. The molecule has 1 N–H and O–H groups in total. The van der Waals surface area contributed by atoms with Gasteiger partial charge in [-0.1, -0.05) is 17.7 Å². The zero-order chi connectivity index (χ0) is 9.42. The molecule has 2 rings (SSSR count). The lowest BCUT2D eigenvalue weighted by molar-refractivity contribution is 0.172. The molecular weight excluding hydrogens is 188 g/mol. The highest BCUT2D eigenvalue weighted by molar-refractivity contribution is 6.35. The molecule has 0 radical (unpaired) electrons. The summed E-state index contributed by atoms with van der Waals surface area (Å²) in [4.78, 5) is 0. The van der Waals surface area contributed by atoms with Crippen LogP contribution in [-0.2, 0) is 0 Å². The largest absolute Gasteiger partial charge is 0.458 e. The lowest BCUT2D eigenvalue weighted by Gasteiger charge is -1.95. The van der Waals surface area contributed by atoms with Gasteiger partial charge in [-0.2, -0.15) is 0 Å². The molecule has 13 heavy (non-hydrogen) atoms. The summed E-state index contributed by atoms with van der Waals surface area (Å²) in [6, 6.07) is 7.21. The van der Waals surface area contributed by atoms with Crippen LogP contribution < -0.4 is 0 Å². The van der Waals surface area contributed by atoms with Crippen molar-refractivity contribution in [2.24, 2.45) is 0 Å². The number of hydrogen-bond donors (Lipinski definition) is 1. The first-order chi connectivity index (χ1) is 6.18. The molecule has 1 unspecified atom stereocenters. The third-order valence-electron chi connectivity index (χ3n) is 1.94. The molecule has 0 aliphatic carbocycles. The van der Waals surface area contributed by atoms with Crippen LogP contribution in [0.5, 0.6) is 0 Å². The van der Waals surface area contributed by atoms with Crippen LogP contribution in [-0.4, -0.2) is 5.11 Å². The monoisotopic (exact) mass is 196 g/mol. The van der Waals surface area contributed by atoms with Crippen LogP contribution in [0.4, 0.5) is 0 Å². The molecule has 1 heterocycles. The Kier molecular flexibility index (Phi) is 2.02. The van der Waals surface area contributed by atoms with Gasteiger partial charge in [-0.3, -0.25) is 0 Å². The van der Waals surface area contributed by atoms with Gasteiger partial charge in [0.05, 0.1) is 5.02 Å². The van der Waals surface area contributed by atoms with Crippen molar-refractivity contribution in [2.75, 3.05) is 0 Å². The van der Waals surface area contributed by atoms with Crippen molar-refractivity contribution in [1.29, 1.82) is 0 Å². The maximum absolute atomic E-state index is 9.28. The van der Waals surface area contributed by atoms with Gasteiger partial charge < -0.3 is 9.52 Å². The summed E-state index contributed by atoms with van der Waals surface area (Å²) in [5, 5.41) is 10.8. The Morgan fingerprint density at radius 2 is 2.23 bits per heavy atom. The standard InChI is InChI=1S/C10H9ClO2/c1-6(12)10-5-7-8(11)3-2-4-9(7)13-10/h2-6,12H,1H3. The highest BCUT2D eigenvalue weighted by Gasteiger charge is 2.09. The van der Waals surface area contributed by atoms with E-state index in [1.807, 2.05) is 12.1 Å². The number of rotatable bonds is 1. The molecule has 2 aromatic rings. The Hall–Kier alpha value is -0.990. The minimum atomic E-state index is -0.594. The van der Waals surface area contributed by atoms with Gasteiger partial charge in [0.2, 0.25) is 0 Å². The van der Waals surface area contributed by atoms with Crippen molar-refractivity contribution in [3.8, 4) is 0 Å². The van der Waals surface area contributed by atoms with Gasteiger partial charge in [-0.05, 0) is 25.1 Å². The van der Waals surface area contributed by atoms with Crippen LogP contribution in [0.1, 0.15) is 18.8 Å². The molecule has 1 aromatic heterocycles. The van der Waals surface area contributed by atoms with E-state index in [4.69, 9.17) is 16.0 Å². The quantitative estimate of drug-likeness (QED) is 0.760. The third kappa shape index (κ3) is 1.43. The Balaban J connectivity index is 2.68. The Bertz CT molecular complexity index is 431. The number of hydrogen-bond acceptors (Lipinski definition) is 2. The van der Waals surface area contributed by atoms with Crippen LogP contribution in [0.15, 0.2) is 28.7 Å². The lowest BCUT2D eigenvalue weighted by atomic mass is 10.2. The molecular formula is C10H9ClO2. The summed E-state index contributed by atoms with van der Waals surface area (Å²) in [6.07, 6.45) is -0.594. The minimum absolute atomic E-state index is 0.545. The Morgan fingerprint density at radius 1 is 1.46 bits per heavy atom. The van der Waals surface area contributed by atoms with Gasteiger partial charge in [-0.25, -0.2) is 0 Å². The number of halogens is 1.